The Balaban J connectivity index is 0.00000125. The van der Waals surface area contributed by atoms with Crippen LogP contribution in [0.15, 0.2) is 84.9 Å². The quantitative estimate of drug-likeness (QED) is 0.198. The lowest BCUT2D eigenvalue weighted by atomic mass is 9.60. The van der Waals surface area contributed by atoms with Crippen molar-refractivity contribution in [2.45, 2.75) is 39.0 Å². The van der Waals surface area contributed by atoms with Gasteiger partial charge in [-0.25, -0.2) is 0 Å². The molecule has 9 rings (SSSR count). The molecule has 0 unspecified atom stereocenters. The predicted molar refractivity (Wildman–Crippen MR) is 168 cm³/mol. The molecule has 3 heteroatoms. The SMILES string of the molecule is CC.CC12Cc3ccccc3-c3c1c(c1c4ccc(C#N)cc4n4c5cc(C#N)ccc5c3c14)-c1ccccc1C2. The van der Waals surface area contributed by atoms with Gasteiger partial charge in [-0.15, -0.1) is 0 Å². The highest BCUT2D eigenvalue weighted by Crippen LogP contribution is 2.59. The molecule has 0 bridgehead atoms. The summed E-state index contributed by atoms with van der Waals surface area (Å²) in [5.41, 5.74) is 14.0. The first-order valence-electron chi connectivity index (χ1n) is 14.4. The van der Waals surface area contributed by atoms with E-state index in [4.69, 9.17) is 0 Å². The number of aromatic nitrogens is 1. The van der Waals surface area contributed by atoms with Crippen LogP contribution in [0.2, 0.25) is 0 Å². The number of hydrogen-bond donors (Lipinski definition) is 0. The van der Waals surface area contributed by atoms with Crippen molar-refractivity contribution in [2.75, 3.05) is 0 Å². The summed E-state index contributed by atoms with van der Waals surface area (Å²) in [5, 5.41) is 24.5. The molecule has 194 valence electrons. The van der Waals surface area contributed by atoms with E-state index >= 15 is 0 Å². The van der Waals surface area contributed by atoms with Gasteiger partial charge in [-0.2, -0.15) is 10.5 Å². The maximum absolute atomic E-state index is 9.81. The summed E-state index contributed by atoms with van der Waals surface area (Å²) in [7, 11) is 0. The fourth-order valence-corrected chi connectivity index (χ4v) is 7.91. The van der Waals surface area contributed by atoms with Crippen molar-refractivity contribution in [3.63, 3.8) is 0 Å². The predicted octanol–water partition coefficient (Wildman–Crippen LogP) is 9.31. The second-order valence-corrected chi connectivity index (χ2v) is 11.5. The van der Waals surface area contributed by atoms with E-state index in [0.29, 0.717) is 11.1 Å². The van der Waals surface area contributed by atoms with Gasteiger partial charge in [-0.1, -0.05) is 81.4 Å². The van der Waals surface area contributed by atoms with E-state index in [9.17, 15) is 10.5 Å². The maximum Gasteiger partial charge on any atom is 0.0992 e. The summed E-state index contributed by atoms with van der Waals surface area (Å²) >= 11 is 0. The van der Waals surface area contributed by atoms with E-state index in [1.165, 1.54) is 55.2 Å². The van der Waals surface area contributed by atoms with E-state index in [-0.39, 0.29) is 5.41 Å². The van der Waals surface area contributed by atoms with E-state index in [2.05, 4.69) is 84.1 Å². The third-order valence-electron chi connectivity index (χ3n) is 9.31. The smallest absolute Gasteiger partial charge is 0.0992 e. The summed E-state index contributed by atoms with van der Waals surface area (Å²) < 4.78 is 2.32. The van der Waals surface area contributed by atoms with Crippen LogP contribution in [0.5, 0.6) is 0 Å². The van der Waals surface area contributed by atoms with Gasteiger partial charge in [0, 0.05) is 27.0 Å². The molecule has 0 saturated heterocycles. The van der Waals surface area contributed by atoms with E-state index < -0.39 is 0 Å². The summed E-state index contributed by atoms with van der Waals surface area (Å²) in [6, 6.07) is 34.7. The highest BCUT2D eigenvalue weighted by atomic mass is 14.9. The molecule has 2 aliphatic carbocycles. The molecule has 0 saturated carbocycles. The van der Waals surface area contributed by atoms with Gasteiger partial charge < -0.3 is 4.40 Å². The van der Waals surface area contributed by atoms with Crippen LogP contribution in [-0.2, 0) is 18.3 Å². The molecule has 0 amide bonds. The molecule has 2 aromatic heterocycles. The second-order valence-electron chi connectivity index (χ2n) is 11.5. The molecule has 0 N–H and O–H groups in total. The maximum atomic E-state index is 9.81. The molecular formula is C38H27N3. The van der Waals surface area contributed by atoms with Crippen LogP contribution in [0.25, 0.3) is 60.3 Å². The Hall–Kier alpha value is -5.12. The molecule has 2 heterocycles. The Labute approximate surface area is 238 Å². The van der Waals surface area contributed by atoms with E-state index in [0.717, 1.165) is 34.6 Å². The molecule has 0 spiro atoms. The molecule has 2 aliphatic rings. The Morgan fingerprint density at radius 2 is 1.12 bits per heavy atom. The lowest BCUT2D eigenvalue weighted by molar-refractivity contribution is 0.458. The summed E-state index contributed by atoms with van der Waals surface area (Å²) in [4.78, 5) is 0. The number of hydrogen-bond acceptors (Lipinski definition) is 2. The van der Waals surface area contributed by atoms with Crippen molar-refractivity contribution in [1.29, 1.82) is 10.5 Å². The van der Waals surface area contributed by atoms with Gasteiger partial charge >= 0.3 is 0 Å². The molecule has 3 nitrogen and oxygen atoms in total. The van der Waals surface area contributed by atoms with Crippen molar-refractivity contribution in [1.82, 2.24) is 4.40 Å². The van der Waals surface area contributed by atoms with Gasteiger partial charge in [-0.05, 0) is 76.1 Å². The Kier molecular flexibility index (Phi) is 4.75. The van der Waals surface area contributed by atoms with E-state index in [1.807, 2.05) is 38.1 Å². The minimum atomic E-state index is -0.0472. The zero-order valence-electron chi connectivity index (χ0n) is 23.3. The van der Waals surface area contributed by atoms with Crippen molar-refractivity contribution in [3.05, 3.63) is 113 Å². The largest absolute Gasteiger partial charge is 0.308 e. The van der Waals surface area contributed by atoms with Gasteiger partial charge in [0.05, 0.1) is 39.8 Å². The standard InChI is InChI=1S/C36H21N3.C2H6/c1-36-16-22-6-2-4-8-24(22)30-32-26-12-10-20(18-37)14-28(26)39-29-15-21(19-38)11-13-27(29)33(35(32)39)31(34(30)36)25-9-5-3-7-23(25)17-36;1-2/h2-15H,16-17H2,1H3;1-2H3. The molecule has 0 radical (unpaired) electrons. The normalized spacial score (nSPS) is 14.2. The minimum absolute atomic E-state index is 0.0472. The van der Waals surface area contributed by atoms with Crippen LogP contribution >= 0.6 is 0 Å². The summed E-state index contributed by atoms with van der Waals surface area (Å²) in [5.74, 6) is 0. The number of fused-ring (bicyclic) bond motifs is 12. The first kappa shape index (κ1) is 23.7. The average molecular weight is 526 g/mol. The average Bonchev–Trinajstić information content (AvgIpc) is 3.53. The molecular weight excluding hydrogens is 498 g/mol. The minimum Gasteiger partial charge on any atom is -0.308 e. The highest BCUT2D eigenvalue weighted by molar-refractivity contribution is 6.32. The molecule has 0 aliphatic heterocycles. The van der Waals surface area contributed by atoms with Crippen molar-refractivity contribution >= 4 is 38.1 Å². The van der Waals surface area contributed by atoms with Crippen LogP contribution in [0.3, 0.4) is 0 Å². The molecule has 0 atom stereocenters. The van der Waals surface area contributed by atoms with Gasteiger partial charge in [0.25, 0.3) is 0 Å². The number of nitriles is 2. The lowest BCUT2D eigenvalue weighted by Gasteiger charge is -2.43. The lowest BCUT2D eigenvalue weighted by Crippen LogP contribution is -2.35. The van der Waals surface area contributed by atoms with Crippen molar-refractivity contribution in [3.8, 4) is 34.4 Å². The van der Waals surface area contributed by atoms with Gasteiger partial charge in [0.15, 0.2) is 0 Å². The first-order chi connectivity index (χ1) is 20.1. The van der Waals surface area contributed by atoms with Crippen molar-refractivity contribution in [2.24, 2.45) is 0 Å². The second kappa shape index (κ2) is 8.20. The van der Waals surface area contributed by atoms with Gasteiger partial charge in [0.1, 0.15) is 0 Å². The topological polar surface area (TPSA) is 52.0 Å². The molecule has 7 aromatic rings. The fourth-order valence-electron chi connectivity index (χ4n) is 7.91. The fraction of sp³-hybridized carbons (Fsp3) is 0.158. The van der Waals surface area contributed by atoms with Crippen LogP contribution in [0.1, 0.15) is 48.6 Å². The van der Waals surface area contributed by atoms with Crippen LogP contribution in [-0.4, -0.2) is 4.40 Å². The van der Waals surface area contributed by atoms with Crippen LogP contribution < -0.4 is 0 Å². The molecule has 41 heavy (non-hydrogen) atoms. The Morgan fingerprint density at radius 3 is 1.59 bits per heavy atom. The molecule has 0 fully saturated rings. The Bertz CT molecular complexity index is 2170. The zero-order chi connectivity index (χ0) is 28.0. The van der Waals surface area contributed by atoms with Crippen LogP contribution in [0.4, 0.5) is 0 Å². The monoisotopic (exact) mass is 525 g/mol. The van der Waals surface area contributed by atoms with Crippen molar-refractivity contribution < 1.29 is 0 Å². The third-order valence-corrected chi connectivity index (χ3v) is 9.31. The molecule has 5 aromatic carbocycles. The highest BCUT2D eigenvalue weighted by Gasteiger charge is 2.43. The van der Waals surface area contributed by atoms with E-state index in [1.54, 1.807) is 0 Å². The number of rotatable bonds is 0. The third kappa shape index (κ3) is 2.86. The van der Waals surface area contributed by atoms with Gasteiger partial charge in [0.2, 0.25) is 0 Å². The number of benzene rings is 5. The summed E-state index contributed by atoms with van der Waals surface area (Å²) in [6.45, 7) is 6.45. The zero-order valence-corrected chi connectivity index (χ0v) is 23.3. The van der Waals surface area contributed by atoms with Crippen LogP contribution in [0, 0.1) is 22.7 Å². The van der Waals surface area contributed by atoms with Gasteiger partial charge in [-0.3, -0.25) is 0 Å². The first-order valence-corrected chi connectivity index (χ1v) is 14.4. The number of nitrogens with zero attached hydrogens (tertiary/aromatic N) is 3. The summed E-state index contributed by atoms with van der Waals surface area (Å²) in [6.07, 6.45) is 2.00. The Morgan fingerprint density at radius 1 is 0.659 bits per heavy atom.